The first-order valence-electron chi connectivity index (χ1n) is 10.1. The Balaban J connectivity index is 1.96. The van der Waals surface area contributed by atoms with Crippen LogP contribution in [0.5, 0.6) is 5.75 Å². The van der Waals surface area contributed by atoms with E-state index in [-0.39, 0.29) is 24.9 Å². The van der Waals surface area contributed by atoms with Gasteiger partial charge in [0, 0.05) is 5.69 Å². The summed E-state index contributed by atoms with van der Waals surface area (Å²) < 4.78 is 5.26. The lowest BCUT2D eigenvalue weighted by Gasteiger charge is -2.19. The molecule has 0 aromatic heterocycles. The van der Waals surface area contributed by atoms with E-state index >= 15 is 0 Å². The molecule has 6 heteroatoms. The number of hydrogen-bond acceptors (Lipinski definition) is 3. The van der Waals surface area contributed by atoms with Gasteiger partial charge in [-0.15, -0.1) is 0 Å². The summed E-state index contributed by atoms with van der Waals surface area (Å²) in [5.41, 5.74) is 2.61. The number of carbonyl (C=O) groups excluding carboxylic acids is 2. The molecule has 0 aliphatic rings. The smallest absolute Gasteiger partial charge is 0.279 e. The number of ether oxygens (including phenoxy) is 1. The Morgan fingerprint density at radius 3 is 2.07 bits per heavy atom. The Morgan fingerprint density at radius 2 is 1.48 bits per heavy atom. The van der Waals surface area contributed by atoms with E-state index in [0.717, 1.165) is 22.6 Å². The molecule has 6 nitrogen and oxygen atoms in total. The highest BCUT2D eigenvalue weighted by molar-refractivity contribution is 5.94. The Morgan fingerprint density at radius 1 is 0.931 bits per heavy atom. The van der Waals surface area contributed by atoms with Gasteiger partial charge in [-0.05, 0) is 43.0 Å². The number of carbonyl (C=O) groups is 2. The van der Waals surface area contributed by atoms with Crippen molar-refractivity contribution in [2.45, 2.75) is 33.1 Å². The minimum Gasteiger partial charge on any atom is -0.495 e. The topological polar surface area (TPSA) is 71.9 Å². The molecule has 2 aromatic carbocycles. The molecule has 3 N–H and O–H groups in total. The SMILES string of the molecule is CC[C@H](C)c1ccccc1NC(=O)C[NH+](CC)CC(=O)Nc1ccccc1OC. The van der Waals surface area contributed by atoms with Crippen LogP contribution in [0.15, 0.2) is 48.5 Å². The first-order chi connectivity index (χ1) is 14.0. The number of hydrogen-bond donors (Lipinski definition) is 3. The molecule has 0 aliphatic heterocycles. The minimum atomic E-state index is -0.154. The van der Waals surface area contributed by atoms with Crippen LogP contribution >= 0.6 is 0 Å². The number of likely N-dealkylation sites (N-methyl/N-ethyl adjacent to an activating group) is 1. The molecule has 2 amide bonds. The highest BCUT2D eigenvalue weighted by atomic mass is 16.5. The van der Waals surface area contributed by atoms with Crippen molar-refractivity contribution in [2.24, 2.45) is 0 Å². The summed E-state index contributed by atoms with van der Waals surface area (Å²) in [7, 11) is 1.57. The van der Waals surface area contributed by atoms with Crippen molar-refractivity contribution < 1.29 is 19.2 Å². The van der Waals surface area contributed by atoms with E-state index in [0.29, 0.717) is 23.9 Å². The standard InChI is InChI=1S/C23H31N3O3/c1-5-17(3)18-11-7-8-12-19(18)24-22(27)15-26(6-2)16-23(28)25-20-13-9-10-14-21(20)29-4/h7-14,17H,5-6,15-16H2,1-4H3,(H,24,27)(H,25,28)/p+1/t17-/m0/s1. The highest BCUT2D eigenvalue weighted by Crippen LogP contribution is 2.26. The molecule has 2 rings (SSSR count). The summed E-state index contributed by atoms with van der Waals surface area (Å²) in [6, 6.07) is 15.2. The van der Waals surface area contributed by atoms with Crippen molar-refractivity contribution in [3.8, 4) is 5.75 Å². The van der Waals surface area contributed by atoms with E-state index < -0.39 is 0 Å². The van der Waals surface area contributed by atoms with Crippen molar-refractivity contribution in [3.63, 3.8) is 0 Å². The quantitative estimate of drug-likeness (QED) is 0.576. The van der Waals surface area contributed by atoms with Crippen LogP contribution in [0, 0.1) is 0 Å². The maximum absolute atomic E-state index is 12.6. The van der Waals surface area contributed by atoms with Crippen LogP contribution in [-0.4, -0.2) is 38.6 Å². The van der Waals surface area contributed by atoms with Gasteiger partial charge in [0.2, 0.25) is 0 Å². The zero-order chi connectivity index (χ0) is 21.2. The van der Waals surface area contributed by atoms with Crippen LogP contribution in [0.25, 0.3) is 0 Å². The maximum Gasteiger partial charge on any atom is 0.279 e. The maximum atomic E-state index is 12.6. The molecule has 0 saturated heterocycles. The van der Waals surface area contributed by atoms with E-state index in [1.807, 2.05) is 37.3 Å². The molecule has 0 spiro atoms. The zero-order valence-corrected chi connectivity index (χ0v) is 17.7. The Hall–Kier alpha value is -2.86. The summed E-state index contributed by atoms with van der Waals surface area (Å²) in [6.07, 6.45) is 1.00. The van der Waals surface area contributed by atoms with E-state index in [9.17, 15) is 9.59 Å². The Bertz CT molecular complexity index is 823. The molecule has 0 saturated carbocycles. The lowest BCUT2D eigenvalue weighted by Crippen LogP contribution is -3.13. The van der Waals surface area contributed by atoms with Crippen LogP contribution in [-0.2, 0) is 9.59 Å². The fraction of sp³-hybridized carbons (Fsp3) is 0.391. The van der Waals surface area contributed by atoms with E-state index in [2.05, 4.69) is 30.5 Å². The van der Waals surface area contributed by atoms with Gasteiger partial charge in [-0.25, -0.2) is 0 Å². The number of rotatable bonds is 10. The number of methoxy groups -OCH3 is 1. The Labute approximate surface area is 173 Å². The van der Waals surface area contributed by atoms with Crippen molar-refractivity contribution in [3.05, 3.63) is 54.1 Å². The normalized spacial score (nSPS) is 12.7. The van der Waals surface area contributed by atoms with Gasteiger partial charge in [0.05, 0.1) is 19.3 Å². The number of benzene rings is 2. The fourth-order valence-corrected chi connectivity index (χ4v) is 3.16. The summed E-state index contributed by atoms with van der Waals surface area (Å²) in [5.74, 6) is 0.730. The molecular formula is C23H32N3O3+. The van der Waals surface area contributed by atoms with Crippen molar-refractivity contribution >= 4 is 23.2 Å². The minimum absolute atomic E-state index is 0.0947. The summed E-state index contributed by atoms with van der Waals surface area (Å²) in [5, 5.41) is 5.88. The molecule has 156 valence electrons. The molecule has 29 heavy (non-hydrogen) atoms. The van der Waals surface area contributed by atoms with Crippen molar-refractivity contribution in [1.29, 1.82) is 0 Å². The summed E-state index contributed by atoms with van der Waals surface area (Å²) >= 11 is 0. The number of anilines is 2. The van der Waals surface area contributed by atoms with Crippen LogP contribution in [0.2, 0.25) is 0 Å². The van der Waals surface area contributed by atoms with Crippen LogP contribution in [0.4, 0.5) is 11.4 Å². The lowest BCUT2D eigenvalue weighted by molar-refractivity contribution is -0.881. The predicted molar refractivity (Wildman–Crippen MR) is 117 cm³/mol. The zero-order valence-electron chi connectivity index (χ0n) is 17.7. The third-order valence-corrected chi connectivity index (χ3v) is 5.08. The lowest BCUT2D eigenvalue weighted by atomic mass is 9.97. The van der Waals surface area contributed by atoms with Gasteiger partial charge in [0.1, 0.15) is 5.75 Å². The average molecular weight is 399 g/mol. The molecule has 1 unspecified atom stereocenters. The van der Waals surface area contributed by atoms with Crippen LogP contribution in [0.1, 0.15) is 38.7 Å². The molecular weight excluding hydrogens is 366 g/mol. The number of nitrogens with one attached hydrogen (secondary N) is 3. The van der Waals surface area contributed by atoms with Gasteiger partial charge in [-0.3, -0.25) is 9.59 Å². The molecule has 0 fully saturated rings. The highest BCUT2D eigenvalue weighted by Gasteiger charge is 2.19. The molecule has 0 radical (unpaired) electrons. The van der Waals surface area contributed by atoms with Gasteiger partial charge in [-0.1, -0.05) is 44.2 Å². The van der Waals surface area contributed by atoms with Crippen LogP contribution < -0.4 is 20.3 Å². The second-order valence-electron chi connectivity index (χ2n) is 7.15. The number of amides is 2. The van der Waals surface area contributed by atoms with Gasteiger partial charge >= 0.3 is 0 Å². The average Bonchev–Trinajstić information content (AvgIpc) is 2.73. The van der Waals surface area contributed by atoms with Crippen molar-refractivity contribution in [1.82, 2.24) is 0 Å². The largest absolute Gasteiger partial charge is 0.495 e. The fourth-order valence-electron chi connectivity index (χ4n) is 3.16. The first-order valence-corrected chi connectivity index (χ1v) is 10.1. The number of para-hydroxylation sites is 3. The van der Waals surface area contributed by atoms with Gasteiger partial charge in [0.15, 0.2) is 13.1 Å². The predicted octanol–water partition coefficient (Wildman–Crippen LogP) is 2.69. The van der Waals surface area contributed by atoms with Crippen LogP contribution in [0.3, 0.4) is 0 Å². The van der Waals surface area contributed by atoms with Crippen molar-refractivity contribution in [2.75, 3.05) is 37.4 Å². The molecule has 0 heterocycles. The molecule has 0 aliphatic carbocycles. The second-order valence-corrected chi connectivity index (χ2v) is 7.15. The molecule has 2 aromatic rings. The summed E-state index contributed by atoms with van der Waals surface area (Å²) in [4.78, 5) is 25.9. The summed E-state index contributed by atoms with van der Waals surface area (Å²) in [6.45, 7) is 7.34. The second kappa shape index (κ2) is 11.2. The first kappa shape index (κ1) is 22.4. The molecule has 2 atom stereocenters. The number of quaternary nitrogens is 1. The third kappa shape index (κ3) is 6.61. The molecule has 0 bridgehead atoms. The van der Waals surface area contributed by atoms with E-state index in [1.54, 1.807) is 19.2 Å². The van der Waals surface area contributed by atoms with E-state index in [4.69, 9.17) is 4.74 Å². The van der Waals surface area contributed by atoms with Gasteiger partial charge in [-0.2, -0.15) is 0 Å². The Kier molecular flexibility index (Phi) is 8.68. The van der Waals surface area contributed by atoms with Gasteiger partial charge < -0.3 is 20.3 Å². The monoisotopic (exact) mass is 398 g/mol. The third-order valence-electron chi connectivity index (χ3n) is 5.08. The van der Waals surface area contributed by atoms with Gasteiger partial charge in [0.25, 0.3) is 11.8 Å². The van der Waals surface area contributed by atoms with E-state index in [1.165, 1.54) is 0 Å².